The van der Waals surface area contributed by atoms with Crippen LogP contribution in [0.4, 0.5) is 17.1 Å². The Labute approximate surface area is 345 Å². The number of thiophene rings is 1. The minimum absolute atomic E-state index is 0.899. The Balaban J connectivity index is 1.06. The lowest BCUT2D eigenvalue weighted by atomic mass is 9.92. The smallest absolute Gasteiger partial charge is 0.143 e. The summed E-state index contributed by atoms with van der Waals surface area (Å²) in [5.41, 5.74) is 12.0. The lowest BCUT2D eigenvalue weighted by Crippen LogP contribution is -2.10. The van der Waals surface area contributed by atoms with Gasteiger partial charge in [0.1, 0.15) is 11.2 Å². The van der Waals surface area contributed by atoms with E-state index in [1.807, 2.05) is 17.4 Å². The van der Waals surface area contributed by atoms with E-state index in [0.717, 1.165) is 61.3 Å². The van der Waals surface area contributed by atoms with Crippen molar-refractivity contribution < 1.29 is 4.42 Å². The van der Waals surface area contributed by atoms with Gasteiger partial charge in [0.25, 0.3) is 0 Å². The van der Waals surface area contributed by atoms with Gasteiger partial charge >= 0.3 is 0 Å². The molecule has 0 amide bonds. The molecule has 0 N–H and O–H groups in total. The third-order valence-corrected chi connectivity index (χ3v) is 13.0. The molecule has 0 atom stereocenters. The van der Waals surface area contributed by atoms with E-state index in [4.69, 9.17) is 4.42 Å². The number of nitrogens with zero attached hydrogens (tertiary/aromatic N) is 1. The molecule has 12 rings (SSSR count). The van der Waals surface area contributed by atoms with Crippen molar-refractivity contribution in [1.82, 2.24) is 0 Å². The van der Waals surface area contributed by atoms with Gasteiger partial charge in [0, 0.05) is 53.6 Å². The van der Waals surface area contributed by atoms with Gasteiger partial charge in [-0.15, -0.1) is 11.3 Å². The van der Waals surface area contributed by atoms with E-state index >= 15 is 0 Å². The van der Waals surface area contributed by atoms with Crippen molar-refractivity contribution in [2.45, 2.75) is 0 Å². The summed E-state index contributed by atoms with van der Waals surface area (Å²) in [6.45, 7) is 0. The summed E-state index contributed by atoms with van der Waals surface area (Å²) < 4.78 is 9.17. The van der Waals surface area contributed by atoms with E-state index in [-0.39, 0.29) is 0 Å². The van der Waals surface area contributed by atoms with Crippen LogP contribution >= 0.6 is 11.3 Å². The first-order valence-electron chi connectivity index (χ1n) is 20.1. The number of furan rings is 1. The van der Waals surface area contributed by atoms with Crippen molar-refractivity contribution in [2.24, 2.45) is 0 Å². The Kier molecular flexibility index (Phi) is 7.75. The highest BCUT2D eigenvalue weighted by Crippen LogP contribution is 2.46. The molecule has 2 nitrogen and oxygen atoms in total. The molecule has 2 aromatic heterocycles. The molecule has 0 radical (unpaired) electrons. The number of benzene rings is 10. The first kappa shape index (κ1) is 33.7. The lowest BCUT2D eigenvalue weighted by Gasteiger charge is -2.27. The van der Waals surface area contributed by atoms with E-state index in [0.29, 0.717) is 0 Å². The van der Waals surface area contributed by atoms with E-state index < -0.39 is 0 Å². The molecule has 59 heavy (non-hydrogen) atoms. The summed E-state index contributed by atoms with van der Waals surface area (Å²) in [6.07, 6.45) is 0. The Bertz CT molecular complexity index is 3560. The molecule has 3 heteroatoms. The molecule has 0 spiro atoms. The van der Waals surface area contributed by atoms with Gasteiger partial charge in [-0.25, -0.2) is 0 Å². The SMILES string of the molecule is c1ccc(-c2cc(N(c3ccc(-c4cc5ccccc5c5ccccc45)cc3)c3ccc4c(c3)sc3ccccc34)ccc2-c2cccc3c2oc2ccccc23)cc1. The molecule has 0 aliphatic carbocycles. The summed E-state index contributed by atoms with van der Waals surface area (Å²) in [7, 11) is 0. The Morgan fingerprint density at radius 3 is 1.81 bits per heavy atom. The van der Waals surface area contributed by atoms with Crippen LogP contribution in [-0.2, 0) is 0 Å². The highest BCUT2D eigenvalue weighted by Gasteiger charge is 2.20. The predicted molar refractivity (Wildman–Crippen MR) is 253 cm³/mol. The maximum Gasteiger partial charge on any atom is 0.143 e. The number of hydrogen-bond acceptors (Lipinski definition) is 3. The van der Waals surface area contributed by atoms with Crippen molar-refractivity contribution in [3.05, 3.63) is 212 Å². The number of rotatable bonds is 6. The van der Waals surface area contributed by atoms with Gasteiger partial charge in [-0.1, -0.05) is 158 Å². The second-order valence-electron chi connectivity index (χ2n) is 15.2. The normalized spacial score (nSPS) is 11.7. The van der Waals surface area contributed by atoms with Gasteiger partial charge in [-0.05, 0) is 104 Å². The van der Waals surface area contributed by atoms with Crippen LogP contribution in [0.2, 0.25) is 0 Å². The summed E-state index contributed by atoms with van der Waals surface area (Å²) in [5.74, 6) is 0. The van der Waals surface area contributed by atoms with E-state index in [9.17, 15) is 0 Å². The molecule has 2 heterocycles. The zero-order chi connectivity index (χ0) is 38.9. The standard InChI is InChI=1S/C56H35NOS/c1-2-13-36(14-3-1)52-34-40(29-31-45(52)49-21-12-22-50-46-19-8-10-23-53(46)58-56(49)50)57(41-30-32-48-47-20-9-11-24-54(47)59-55(48)35-41)39-27-25-37(26-28-39)51-33-38-15-4-5-16-42(38)43-17-6-7-18-44(43)51/h1-35H. The van der Waals surface area contributed by atoms with Crippen molar-refractivity contribution in [1.29, 1.82) is 0 Å². The Morgan fingerprint density at radius 2 is 0.949 bits per heavy atom. The topological polar surface area (TPSA) is 16.4 Å². The van der Waals surface area contributed by atoms with Crippen LogP contribution in [0.1, 0.15) is 0 Å². The number of para-hydroxylation sites is 2. The molecular weight excluding hydrogens is 735 g/mol. The highest BCUT2D eigenvalue weighted by atomic mass is 32.1. The maximum atomic E-state index is 6.60. The molecule has 0 saturated carbocycles. The maximum absolute atomic E-state index is 6.60. The predicted octanol–water partition coefficient (Wildman–Crippen LogP) is 16.7. The average molecular weight is 770 g/mol. The minimum Gasteiger partial charge on any atom is -0.455 e. The van der Waals surface area contributed by atoms with E-state index in [1.165, 1.54) is 52.8 Å². The molecule has 0 unspecified atom stereocenters. The zero-order valence-electron chi connectivity index (χ0n) is 32.0. The zero-order valence-corrected chi connectivity index (χ0v) is 32.8. The summed E-state index contributed by atoms with van der Waals surface area (Å²) in [6, 6.07) is 77.0. The van der Waals surface area contributed by atoms with Gasteiger partial charge in [0.2, 0.25) is 0 Å². The molecule has 0 aliphatic rings. The average Bonchev–Trinajstić information content (AvgIpc) is 3.88. The Morgan fingerprint density at radius 1 is 0.322 bits per heavy atom. The second kappa shape index (κ2) is 13.6. The Hall–Kier alpha value is -7.46. The fraction of sp³-hybridized carbons (Fsp3) is 0. The molecule has 276 valence electrons. The summed E-state index contributed by atoms with van der Waals surface area (Å²) in [5, 5.41) is 9.89. The lowest BCUT2D eigenvalue weighted by molar-refractivity contribution is 0.670. The highest BCUT2D eigenvalue weighted by molar-refractivity contribution is 7.25. The third kappa shape index (κ3) is 5.55. The second-order valence-corrected chi connectivity index (χ2v) is 16.3. The fourth-order valence-electron chi connectivity index (χ4n) is 9.11. The van der Waals surface area contributed by atoms with Crippen LogP contribution in [0.15, 0.2) is 217 Å². The van der Waals surface area contributed by atoms with Gasteiger partial charge < -0.3 is 9.32 Å². The van der Waals surface area contributed by atoms with Gasteiger partial charge in [-0.3, -0.25) is 0 Å². The van der Waals surface area contributed by atoms with Gasteiger partial charge in [0.15, 0.2) is 0 Å². The van der Waals surface area contributed by atoms with Crippen molar-refractivity contribution in [2.75, 3.05) is 4.90 Å². The molecule has 0 saturated heterocycles. The molecule has 0 fully saturated rings. The number of hydrogen-bond donors (Lipinski definition) is 0. The van der Waals surface area contributed by atoms with Crippen LogP contribution in [0.25, 0.3) is 97.0 Å². The molecule has 10 aromatic carbocycles. The third-order valence-electron chi connectivity index (χ3n) is 11.9. The summed E-state index contributed by atoms with van der Waals surface area (Å²) >= 11 is 1.85. The van der Waals surface area contributed by atoms with Crippen LogP contribution in [-0.4, -0.2) is 0 Å². The van der Waals surface area contributed by atoms with Crippen molar-refractivity contribution in [3.63, 3.8) is 0 Å². The number of fused-ring (bicyclic) bond motifs is 9. The van der Waals surface area contributed by atoms with E-state index in [1.54, 1.807) is 0 Å². The van der Waals surface area contributed by atoms with Crippen molar-refractivity contribution in [3.8, 4) is 33.4 Å². The van der Waals surface area contributed by atoms with Gasteiger partial charge in [0.05, 0.1) is 0 Å². The molecule has 0 aliphatic heterocycles. The summed E-state index contributed by atoms with van der Waals surface area (Å²) in [4.78, 5) is 2.41. The first-order valence-corrected chi connectivity index (χ1v) is 20.9. The quantitative estimate of drug-likeness (QED) is 0.157. The van der Waals surface area contributed by atoms with Crippen LogP contribution in [0.3, 0.4) is 0 Å². The largest absolute Gasteiger partial charge is 0.455 e. The molecule has 0 bridgehead atoms. The molecular formula is C56H35NOS. The van der Waals surface area contributed by atoms with E-state index in [2.05, 4.69) is 211 Å². The van der Waals surface area contributed by atoms with Crippen LogP contribution in [0, 0.1) is 0 Å². The van der Waals surface area contributed by atoms with Crippen molar-refractivity contribution >= 4 is 92.1 Å². The monoisotopic (exact) mass is 769 g/mol. The van der Waals surface area contributed by atoms with Crippen LogP contribution in [0.5, 0.6) is 0 Å². The van der Waals surface area contributed by atoms with Gasteiger partial charge in [-0.2, -0.15) is 0 Å². The molecule has 12 aromatic rings. The number of anilines is 3. The minimum atomic E-state index is 0.899. The van der Waals surface area contributed by atoms with Crippen LogP contribution < -0.4 is 4.90 Å². The first-order chi connectivity index (χ1) is 29.2. The fourth-order valence-corrected chi connectivity index (χ4v) is 10.2.